The van der Waals surface area contributed by atoms with Gasteiger partial charge in [0.2, 0.25) is 0 Å². The molecule has 1 aromatic carbocycles. The van der Waals surface area contributed by atoms with Gasteiger partial charge in [-0.25, -0.2) is 0 Å². The third-order valence-corrected chi connectivity index (χ3v) is 5.95. The number of hydrogen-bond donors (Lipinski definition) is 2. The Kier molecular flexibility index (Phi) is 7.14. The van der Waals surface area contributed by atoms with E-state index >= 15 is 0 Å². The number of nitrogens with zero attached hydrogens (tertiary/aromatic N) is 3. The molecule has 172 valence electrons. The van der Waals surface area contributed by atoms with Crippen molar-refractivity contribution >= 4 is 11.8 Å². The van der Waals surface area contributed by atoms with Crippen LogP contribution in [0.25, 0.3) is 0 Å². The Labute approximate surface area is 193 Å². The molecule has 3 aromatic rings. The lowest BCUT2D eigenvalue weighted by Crippen LogP contribution is -2.32. The smallest absolute Gasteiger partial charge is 0.268 e. The number of nitrogens with one attached hydrogen (secondary N) is 2. The van der Waals surface area contributed by atoms with Crippen LogP contribution in [0.4, 0.5) is 0 Å². The van der Waals surface area contributed by atoms with Crippen molar-refractivity contribution in [2.45, 2.75) is 51.9 Å². The molecule has 4 rings (SSSR count). The number of aromatic nitrogens is 3. The van der Waals surface area contributed by atoms with Crippen molar-refractivity contribution in [1.29, 1.82) is 0 Å². The largest absolute Gasteiger partial charge is 0.373 e. The van der Waals surface area contributed by atoms with Crippen LogP contribution < -0.4 is 10.6 Å². The van der Waals surface area contributed by atoms with E-state index in [4.69, 9.17) is 4.74 Å². The molecule has 0 radical (unpaired) electrons. The molecule has 0 bridgehead atoms. The standard InChI is InChI=1S/C25H29N5O3/c1-3-19(17-8-6-5-7-9-17)28-24(31)18-14-22(30-12-13-33-16-23(18)30)25(32)29-20(4-2)21-15-26-10-11-27-21/h5-11,14-15,19-20H,3-4,12-13,16H2,1-2H3,(H,28,31)(H,29,32). The number of ether oxygens (including phenoxy) is 1. The topological polar surface area (TPSA) is 98.1 Å². The van der Waals surface area contributed by atoms with Crippen molar-refractivity contribution in [2.75, 3.05) is 6.61 Å². The zero-order valence-corrected chi connectivity index (χ0v) is 19.0. The fourth-order valence-corrected chi connectivity index (χ4v) is 4.16. The Balaban J connectivity index is 1.58. The Morgan fingerprint density at radius 1 is 1.06 bits per heavy atom. The molecule has 2 unspecified atom stereocenters. The van der Waals surface area contributed by atoms with Crippen molar-refractivity contribution in [3.05, 3.63) is 83.2 Å². The molecule has 1 aliphatic rings. The van der Waals surface area contributed by atoms with Gasteiger partial charge in [-0.05, 0) is 24.5 Å². The van der Waals surface area contributed by atoms with E-state index in [0.717, 1.165) is 17.7 Å². The number of fused-ring (bicyclic) bond motifs is 1. The summed E-state index contributed by atoms with van der Waals surface area (Å²) in [6.07, 6.45) is 6.30. The molecule has 3 heterocycles. The highest BCUT2D eigenvalue weighted by Gasteiger charge is 2.28. The molecular weight excluding hydrogens is 418 g/mol. The summed E-state index contributed by atoms with van der Waals surface area (Å²) in [5, 5.41) is 6.17. The van der Waals surface area contributed by atoms with E-state index in [2.05, 4.69) is 20.6 Å². The predicted molar refractivity (Wildman–Crippen MR) is 124 cm³/mol. The van der Waals surface area contributed by atoms with Crippen molar-refractivity contribution in [3.8, 4) is 0 Å². The molecule has 8 heteroatoms. The van der Waals surface area contributed by atoms with E-state index in [9.17, 15) is 9.59 Å². The normalized spacial score (nSPS) is 14.7. The number of benzene rings is 1. The second-order valence-electron chi connectivity index (χ2n) is 8.00. The Hall–Kier alpha value is -3.52. The Morgan fingerprint density at radius 2 is 1.82 bits per heavy atom. The van der Waals surface area contributed by atoms with E-state index in [1.807, 2.05) is 48.7 Å². The summed E-state index contributed by atoms with van der Waals surface area (Å²) in [6.45, 7) is 5.32. The van der Waals surface area contributed by atoms with E-state index in [1.165, 1.54) is 0 Å². The van der Waals surface area contributed by atoms with Gasteiger partial charge in [-0.15, -0.1) is 0 Å². The van der Waals surface area contributed by atoms with E-state index in [0.29, 0.717) is 43.1 Å². The Morgan fingerprint density at radius 3 is 2.52 bits per heavy atom. The summed E-state index contributed by atoms with van der Waals surface area (Å²) in [5.74, 6) is -0.454. The van der Waals surface area contributed by atoms with Gasteiger partial charge in [0, 0.05) is 18.9 Å². The minimum atomic E-state index is -0.267. The molecule has 0 saturated carbocycles. The number of amides is 2. The van der Waals surface area contributed by atoms with Gasteiger partial charge < -0.3 is 19.9 Å². The van der Waals surface area contributed by atoms with Crippen molar-refractivity contribution < 1.29 is 14.3 Å². The third-order valence-electron chi connectivity index (χ3n) is 5.95. The quantitative estimate of drug-likeness (QED) is 0.550. The highest BCUT2D eigenvalue weighted by molar-refractivity contribution is 6.01. The molecule has 0 spiro atoms. The van der Waals surface area contributed by atoms with Crippen LogP contribution in [-0.4, -0.2) is 33.0 Å². The van der Waals surface area contributed by atoms with Crippen molar-refractivity contribution in [2.24, 2.45) is 0 Å². The van der Waals surface area contributed by atoms with Gasteiger partial charge >= 0.3 is 0 Å². The molecule has 33 heavy (non-hydrogen) atoms. The average Bonchev–Trinajstić information content (AvgIpc) is 3.26. The van der Waals surface area contributed by atoms with Gasteiger partial charge in [-0.2, -0.15) is 0 Å². The van der Waals surface area contributed by atoms with Gasteiger partial charge in [0.1, 0.15) is 5.69 Å². The van der Waals surface area contributed by atoms with Crippen LogP contribution in [-0.2, 0) is 17.9 Å². The highest BCUT2D eigenvalue weighted by Crippen LogP contribution is 2.24. The number of carbonyl (C=O) groups excluding carboxylic acids is 2. The first-order valence-electron chi connectivity index (χ1n) is 11.3. The monoisotopic (exact) mass is 447 g/mol. The van der Waals surface area contributed by atoms with Gasteiger partial charge in [0.15, 0.2) is 0 Å². The average molecular weight is 448 g/mol. The number of hydrogen-bond acceptors (Lipinski definition) is 5. The van der Waals surface area contributed by atoms with Crippen LogP contribution in [0, 0.1) is 0 Å². The minimum Gasteiger partial charge on any atom is -0.373 e. The predicted octanol–water partition coefficient (Wildman–Crippen LogP) is 3.57. The van der Waals surface area contributed by atoms with Gasteiger partial charge in [0.25, 0.3) is 11.8 Å². The third kappa shape index (κ3) is 4.96. The Bertz CT molecular complexity index is 1010. The molecule has 0 saturated heterocycles. The maximum Gasteiger partial charge on any atom is 0.268 e. The lowest BCUT2D eigenvalue weighted by atomic mass is 10.0. The van der Waals surface area contributed by atoms with Crippen LogP contribution in [0.3, 0.4) is 0 Å². The molecule has 0 fully saturated rings. The summed E-state index contributed by atoms with van der Waals surface area (Å²) in [4.78, 5) is 34.9. The summed E-state index contributed by atoms with van der Waals surface area (Å²) in [5.41, 5.74) is 3.40. The van der Waals surface area contributed by atoms with E-state index in [-0.39, 0.29) is 23.9 Å². The lowest BCUT2D eigenvalue weighted by molar-refractivity contribution is 0.0773. The SMILES string of the molecule is CCC(NC(=O)c1cc(C(=O)NC(CC)c2cnccn2)n2c1COCC2)c1ccccc1. The first-order valence-corrected chi connectivity index (χ1v) is 11.3. The van der Waals surface area contributed by atoms with Gasteiger partial charge in [-0.1, -0.05) is 44.2 Å². The molecule has 1 aliphatic heterocycles. The van der Waals surface area contributed by atoms with Crippen LogP contribution in [0.5, 0.6) is 0 Å². The molecule has 0 aliphatic carbocycles. The fraction of sp³-hybridized carbons (Fsp3) is 0.360. The van der Waals surface area contributed by atoms with E-state index in [1.54, 1.807) is 24.7 Å². The number of rotatable bonds is 8. The van der Waals surface area contributed by atoms with Crippen molar-refractivity contribution in [1.82, 2.24) is 25.2 Å². The molecule has 2 aromatic heterocycles. The zero-order chi connectivity index (χ0) is 23.2. The molecule has 2 atom stereocenters. The first kappa shape index (κ1) is 22.7. The van der Waals surface area contributed by atoms with E-state index < -0.39 is 0 Å². The summed E-state index contributed by atoms with van der Waals surface area (Å²) >= 11 is 0. The van der Waals surface area contributed by atoms with Crippen LogP contribution in [0.1, 0.15) is 76.6 Å². The molecular formula is C25H29N5O3. The van der Waals surface area contributed by atoms with Crippen LogP contribution >= 0.6 is 0 Å². The maximum atomic E-state index is 13.3. The second-order valence-corrected chi connectivity index (χ2v) is 8.00. The summed E-state index contributed by atoms with van der Waals surface area (Å²) in [7, 11) is 0. The maximum absolute atomic E-state index is 13.3. The molecule has 2 N–H and O–H groups in total. The molecule has 8 nitrogen and oxygen atoms in total. The lowest BCUT2D eigenvalue weighted by Gasteiger charge is -2.21. The van der Waals surface area contributed by atoms with Gasteiger partial charge in [0.05, 0.1) is 48.4 Å². The zero-order valence-electron chi connectivity index (χ0n) is 19.0. The summed E-state index contributed by atoms with van der Waals surface area (Å²) in [6, 6.07) is 11.2. The van der Waals surface area contributed by atoms with Crippen molar-refractivity contribution in [3.63, 3.8) is 0 Å². The first-order chi connectivity index (χ1) is 16.1. The minimum absolute atomic E-state index is 0.114. The molecule has 2 amide bonds. The second kappa shape index (κ2) is 10.4. The van der Waals surface area contributed by atoms with Crippen LogP contribution in [0.15, 0.2) is 55.0 Å². The highest BCUT2D eigenvalue weighted by atomic mass is 16.5. The fourth-order valence-electron chi connectivity index (χ4n) is 4.16. The van der Waals surface area contributed by atoms with Gasteiger partial charge in [-0.3, -0.25) is 19.6 Å². The number of carbonyl (C=O) groups is 2. The summed E-state index contributed by atoms with van der Waals surface area (Å²) < 4.78 is 7.51. The van der Waals surface area contributed by atoms with Crippen LogP contribution in [0.2, 0.25) is 0 Å².